The molecule has 1 aliphatic rings. The Morgan fingerprint density at radius 1 is 1.31 bits per heavy atom. The zero-order chi connectivity index (χ0) is 18.9. The highest BCUT2D eigenvalue weighted by Gasteiger charge is 2.32. The molecule has 3 rings (SSSR count). The van der Waals surface area contributed by atoms with E-state index in [1.807, 2.05) is 13.8 Å². The van der Waals surface area contributed by atoms with Gasteiger partial charge < -0.3 is 14.6 Å². The van der Waals surface area contributed by atoms with E-state index in [4.69, 9.17) is 26.2 Å². The minimum atomic E-state index is -0.871. The lowest BCUT2D eigenvalue weighted by Gasteiger charge is -2.18. The molecule has 1 N–H and O–H groups in total. The summed E-state index contributed by atoms with van der Waals surface area (Å²) in [5, 5.41) is 9.21. The van der Waals surface area contributed by atoms with Crippen LogP contribution in [-0.2, 0) is 24.2 Å². The van der Waals surface area contributed by atoms with Gasteiger partial charge in [0.15, 0.2) is 0 Å². The number of aliphatic carboxylic acids is 1. The van der Waals surface area contributed by atoms with Crippen LogP contribution < -0.4 is 9.47 Å². The number of aryl methyl sites for hydroxylation is 1. The van der Waals surface area contributed by atoms with Gasteiger partial charge in [-0.2, -0.15) is 0 Å². The normalized spacial score (nSPS) is 14.6. The lowest BCUT2D eigenvalue weighted by molar-refractivity contribution is -0.136. The van der Waals surface area contributed by atoms with Crippen molar-refractivity contribution in [2.45, 2.75) is 45.3 Å². The molecular weight excluding hydrogens is 359 g/mol. The molecule has 0 spiro atoms. The van der Waals surface area contributed by atoms with Crippen molar-refractivity contribution in [1.29, 1.82) is 0 Å². The van der Waals surface area contributed by atoms with Crippen molar-refractivity contribution in [1.82, 2.24) is 0 Å². The van der Waals surface area contributed by atoms with Crippen molar-refractivity contribution in [3.05, 3.63) is 57.9 Å². The maximum atomic E-state index is 13.9. The standard InChI is InChI=1S/C20H20ClFO4/c1-20(2)10-13-7-15(22)8-14(19(13)26-20)11-25-16-5-3-12(17(21)9-16)4-6-18(23)24/h3,5,7-9H,4,6,10-11H2,1-2H3,(H,23,24). The molecule has 0 atom stereocenters. The predicted octanol–water partition coefficient (Wildman–Crippen LogP) is 4.79. The van der Waals surface area contributed by atoms with E-state index in [0.717, 1.165) is 11.1 Å². The van der Waals surface area contributed by atoms with E-state index >= 15 is 0 Å². The zero-order valence-corrected chi connectivity index (χ0v) is 15.4. The van der Waals surface area contributed by atoms with Gasteiger partial charge in [-0.25, -0.2) is 4.39 Å². The maximum Gasteiger partial charge on any atom is 0.303 e. The number of rotatable bonds is 6. The molecule has 0 saturated carbocycles. The number of hydrogen-bond donors (Lipinski definition) is 1. The number of carboxylic acids is 1. The van der Waals surface area contributed by atoms with Gasteiger partial charge in [0, 0.05) is 29.0 Å². The molecular formula is C20H20ClFO4. The van der Waals surface area contributed by atoms with E-state index in [1.165, 1.54) is 12.1 Å². The maximum absolute atomic E-state index is 13.9. The van der Waals surface area contributed by atoms with Crippen LogP contribution in [0.5, 0.6) is 11.5 Å². The van der Waals surface area contributed by atoms with Gasteiger partial charge in [0.05, 0.1) is 0 Å². The Balaban J connectivity index is 1.72. The summed E-state index contributed by atoms with van der Waals surface area (Å²) >= 11 is 6.19. The van der Waals surface area contributed by atoms with E-state index in [-0.39, 0.29) is 24.4 Å². The molecule has 1 aliphatic heterocycles. The SMILES string of the molecule is CC1(C)Cc2cc(F)cc(COc3ccc(CCC(=O)O)c(Cl)c3)c2O1. The van der Waals surface area contributed by atoms with E-state index in [1.54, 1.807) is 18.2 Å². The molecule has 4 nitrogen and oxygen atoms in total. The summed E-state index contributed by atoms with van der Waals surface area (Å²) < 4.78 is 25.6. The third-order valence-corrected chi connectivity index (χ3v) is 4.58. The number of benzene rings is 2. The molecule has 0 unspecified atom stereocenters. The molecule has 1 heterocycles. The van der Waals surface area contributed by atoms with Crippen LogP contribution in [0.1, 0.15) is 37.0 Å². The molecule has 0 fully saturated rings. The van der Waals surface area contributed by atoms with Crippen LogP contribution in [-0.4, -0.2) is 16.7 Å². The van der Waals surface area contributed by atoms with Crippen molar-refractivity contribution in [2.75, 3.05) is 0 Å². The highest BCUT2D eigenvalue weighted by atomic mass is 35.5. The highest BCUT2D eigenvalue weighted by Crippen LogP contribution is 2.38. The first-order valence-corrected chi connectivity index (χ1v) is 8.75. The Morgan fingerprint density at radius 2 is 2.08 bits per heavy atom. The summed E-state index contributed by atoms with van der Waals surface area (Å²) in [6.45, 7) is 4.08. The third kappa shape index (κ3) is 4.28. The number of carbonyl (C=O) groups is 1. The smallest absolute Gasteiger partial charge is 0.303 e. The average molecular weight is 379 g/mol. The summed E-state index contributed by atoms with van der Waals surface area (Å²) in [5.41, 5.74) is 1.88. The summed E-state index contributed by atoms with van der Waals surface area (Å²) in [5.74, 6) is 0.0277. The van der Waals surface area contributed by atoms with Crippen LogP contribution in [0.15, 0.2) is 30.3 Å². The van der Waals surface area contributed by atoms with Gasteiger partial charge in [-0.3, -0.25) is 4.79 Å². The minimum Gasteiger partial charge on any atom is -0.489 e. The third-order valence-electron chi connectivity index (χ3n) is 4.23. The molecule has 0 bridgehead atoms. The summed E-state index contributed by atoms with van der Waals surface area (Å²) in [4.78, 5) is 10.7. The second-order valence-electron chi connectivity index (χ2n) is 7.03. The van der Waals surface area contributed by atoms with E-state index < -0.39 is 5.97 Å². The van der Waals surface area contributed by atoms with Crippen LogP contribution in [0.2, 0.25) is 5.02 Å². The lowest BCUT2D eigenvalue weighted by Crippen LogP contribution is -2.25. The summed E-state index contributed by atoms with van der Waals surface area (Å²) in [6, 6.07) is 8.04. The Labute approximate surface area is 156 Å². The molecule has 0 saturated heterocycles. The monoisotopic (exact) mass is 378 g/mol. The first-order chi connectivity index (χ1) is 12.2. The quantitative estimate of drug-likeness (QED) is 0.785. The van der Waals surface area contributed by atoms with E-state index in [2.05, 4.69) is 0 Å². The minimum absolute atomic E-state index is 0.0163. The Bertz CT molecular complexity index is 848. The number of ether oxygens (including phenoxy) is 2. The zero-order valence-electron chi connectivity index (χ0n) is 14.6. The molecule has 0 aliphatic carbocycles. The van der Waals surface area contributed by atoms with Crippen molar-refractivity contribution in [2.24, 2.45) is 0 Å². The van der Waals surface area contributed by atoms with Crippen molar-refractivity contribution in [3.8, 4) is 11.5 Å². The Morgan fingerprint density at radius 3 is 2.77 bits per heavy atom. The summed E-state index contributed by atoms with van der Waals surface area (Å²) in [7, 11) is 0. The largest absolute Gasteiger partial charge is 0.489 e. The van der Waals surface area contributed by atoms with Gasteiger partial charge in [0.25, 0.3) is 0 Å². The Hall–Kier alpha value is -2.27. The molecule has 2 aromatic carbocycles. The Kier molecular flexibility index (Phi) is 5.10. The van der Waals surface area contributed by atoms with E-state index in [9.17, 15) is 9.18 Å². The molecule has 6 heteroatoms. The average Bonchev–Trinajstić information content (AvgIpc) is 2.85. The van der Waals surface area contributed by atoms with E-state index in [0.29, 0.717) is 34.9 Å². The van der Waals surface area contributed by atoms with Crippen LogP contribution in [0.3, 0.4) is 0 Å². The molecule has 0 aromatic heterocycles. The fourth-order valence-corrected chi connectivity index (χ4v) is 3.34. The number of carboxylic acid groups (broad SMARTS) is 1. The van der Waals surface area contributed by atoms with Crippen LogP contribution >= 0.6 is 11.6 Å². The fourth-order valence-electron chi connectivity index (χ4n) is 3.08. The molecule has 26 heavy (non-hydrogen) atoms. The van der Waals surface area contributed by atoms with Gasteiger partial charge in [0.2, 0.25) is 0 Å². The number of hydrogen-bond acceptors (Lipinski definition) is 3. The van der Waals surface area contributed by atoms with Crippen molar-refractivity contribution >= 4 is 17.6 Å². The van der Waals surface area contributed by atoms with Gasteiger partial charge in [0.1, 0.15) is 29.5 Å². The molecule has 138 valence electrons. The van der Waals surface area contributed by atoms with Gasteiger partial charge >= 0.3 is 5.97 Å². The first-order valence-electron chi connectivity index (χ1n) is 8.37. The van der Waals surface area contributed by atoms with Gasteiger partial charge in [-0.05, 0) is 50.1 Å². The molecule has 0 radical (unpaired) electrons. The van der Waals surface area contributed by atoms with Crippen LogP contribution in [0, 0.1) is 5.82 Å². The second kappa shape index (κ2) is 7.16. The van der Waals surface area contributed by atoms with Crippen LogP contribution in [0.25, 0.3) is 0 Å². The van der Waals surface area contributed by atoms with Gasteiger partial charge in [-0.1, -0.05) is 17.7 Å². The molecule has 2 aromatic rings. The van der Waals surface area contributed by atoms with Crippen molar-refractivity contribution in [3.63, 3.8) is 0 Å². The fraction of sp³-hybridized carbons (Fsp3) is 0.350. The number of fused-ring (bicyclic) bond motifs is 1. The predicted molar refractivity (Wildman–Crippen MR) is 96.6 cm³/mol. The van der Waals surface area contributed by atoms with Gasteiger partial charge in [-0.15, -0.1) is 0 Å². The lowest BCUT2D eigenvalue weighted by atomic mass is 10.0. The number of halogens is 2. The second-order valence-corrected chi connectivity index (χ2v) is 7.43. The first kappa shape index (κ1) is 18.5. The topological polar surface area (TPSA) is 55.8 Å². The van der Waals surface area contributed by atoms with Crippen molar-refractivity contribution < 1.29 is 23.8 Å². The highest BCUT2D eigenvalue weighted by molar-refractivity contribution is 6.31. The van der Waals surface area contributed by atoms with Crippen LogP contribution in [0.4, 0.5) is 4.39 Å². The molecule has 0 amide bonds. The summed E-state index contributed by atoms with van der Waals surface area (Å²) in [6.07, 6.45) is 1.02.